The minimum Gasteiger partial charge on any atom is -0.317 e. The zero-order valence-corrected chi connectivity index (χ0v) is 11.8. The van der Waals surface area contributed by atoms with Gasteiger partial charge < -0.3 is 10.2 Å². The molecule has 0 amide bonds. The molecular formula is C15H30N2. The van der Waals surface area contributed by atoms with Crippen molar-refractivity contribution >= 4 is 0 Å². The quantitative estimate of drug-likeness (QED) is 0.716. The highest BCUT2D eigenvalue weighted by Gasteiger charge is 2.34. The summed E-state index contributed by atoms with van der Waals surface area (Å²) in [5.74, 6) is 1.06. The number of rotatable bonds is 6. The molecule has 2 heteroatoms. The predicted octanol–water partition coefficient (Wildman–Crippen LogP) is 3.03. The summed E-state index contributed by atoms with van der Waals surface area (Å²) >= 11 is 0. The largest absolute Gasteiger partial charge is 0.317 e. The van der Waals surface area contributed by atoms with E-state index in [2.05, 4.69) is 24.2 Å². The second kappa shape index (κ2) is 6.75. The first kappa shape index (κ1) is 13.4. The maximum atomic E-state index is 3.33. The van der Waals surface area contributed by atoms with E-state index in [1.165, 1.54) is 64.5 Å². The Balaban J connectivity index is 1.62. The van der Waals surface area contributed by atoms with Crippen molar-refractivity contribution < 1.29 is 0 Å². The van der Waals surface area contributed by atoms with E-state index in [0.717, 1.165) is 12.0 Å². The first-order chi connectivity index (χ1) is 8.31. The molecule has 1 heterocycles. The van der Waals surface area contributed by atoms with Crippen LogP contribution in [-0.4, -0.2) is 37.1 Å². The van der Waals surface area contributed by atoms with Crippen LogP contribution in [0.1, 0.15) is 58.3 Å². The monoisotopic (exact) mass is 238 g/mol. The molecule has 0 spiro atoms. The Morgan fingerprint density at radius 2 is 2.00 bits per heavy atom. The molecule has 1 saturated carbocycles. The second-order valence-electron chi connectivity index (χ2n) is 6.12. The SMILES string of the molecule is CNC(C)CCCCN1CCC2CCCCC21. The van der Waals surface area contributed by atoms with Crippen LogP contribution < -0.4 is 5.32 Å². The molecule has 2 fully saturated rings. The molecule has 3 unspecified atom stereocenters. The Hall–Kier alpha value is -0.0800. The Morgan fingerprint density at radius 3 is 2.82 bits per heavy atom. The van der Waals surface area contributed by atoms with Crippen molar-refractivity contribution in [3.63, 3.8) is 0 Å². The van der Waals surface area contributed by atoms with Gasteiger partial charge in [0.15, 0.2) is 0 Å². The molecule has 0 aromatic carbocycles. The van der Waals surface area contributed by atoms with Gasteiger partial charge in [0, 0.05) is 12.1 Å². The molecule has 0 aromatic heterocycles. The van der Waals surface area contributed by atoms with Gasteiger partial charge in [0.05, 0.1) is 0 Å². The maximum Gasteiger partial charge on any atom is 0.0124 e. The fourth-order valence-corrected chi connectivity index (χ4v) is 3.69. The number of unbranched alkanes of at least 4 members (excludes halogenated alkanes) is 1. The predicted molar refractivity (Wildman–Crippen MR) is 74.3 cm³/mol. The highest BCUT2D eigenvalue weighted by molar-refractivity contribution is 4.89. The lowest BCUT2D eigenvalue weighted by Gasteiger charge is -2.31. The minimum absolute atomic E-state index is 0.691. The van der Waals surface area contributed by atoms with Gasteiger partial charge in [0.25, 0.3) is 0 Å². The zero-order chi connectivity index (χ0) is 12.1. The molecule has 2 nitrogen and oxygen atoms in total. The smallest absolute Gasteiger partial charge is 0.0124 e. The summed E-state index contributed by atoms with van der Waals surface area (Å²) in [5.41, 5.74) is 0. The van der Waals surface area contributed by atoms with Crippen LogP contribution in [0.4, 0.5) is 0 Å². The van der Waals surface area contributed by atoms with Crippen molar-refractivity contribution in [3.05, 3.63) is 0 Å². The van der Waals surface area contributed by atoms with Gasteiger partial charge in [0.1, 0.15) is 0 Å². The van der Waals surface area contributed by atoms with Crippen molar-refractivity contribution in [1.82, 2.24) is 10.2 Å². The third kappa shape index (κ3) is 3.69. The topological polar surface area (TPSA) is 15.3 Å². The van der Waals surface area contributed by atoms with Crippen molar-refractivity contribution in [2.75, 3.05) is 20.1 Å². The molecule has 0 bridgehead atoms. The standard InChI is InChI=1S/C15H30N2/c1-13(16-2)7-5-6-11-17-12-10-14-8-3-4-9-15(14)17/h13-16H,3-12H2,1-2H3. The third-order valence-corrected chi connectivity index (χ3v) is 4.95. The van der Waals surface area contributed by atoms with Crippen LogP contribution in [0.3, 0.4) is 0 Å². The van der Waals surface area contributed by atoms with Crippen LogP contribution in [-0.2, 0) is 0 Å². The molecule has 1 aliphatic heterocycles. The summed E-state index contributed by atoms with van der Waals surface area (Å²) in [6, 6.07) is 1.65. The van der Waals surface area contributed by atoms with Gasteiger partial charge in [-0.25, -0.2) is 0 Å². The lowest BCUT2D eigenvalue weighted by molar-refractivity contribution is 0.179. The van der Waals surface area contributed by atoms with Crippen LogP contribution in [0, 0.1) is 5.92 Å². The number of nitrogens with zero attached hydrogens (tertiary/aromatic N) is 1. The van der Waals surface area contributed by atoms with E-state index >= 15 is 0 Å². The van der Waals surface area contributed by atoms with Gasteiger partial charge in [0.2, 0.25) is 0 Å². The lowest BCUT2D eigenvalue weighted by Crippen LogP contribution is -2.35. The van der Waals surface area contributed by atoms with Gasteiger partial charge in [-0.05, 0) is 65.1 Å². The number of hydrogen-bond acceptors (Lipinski definition) is 2. The Kier molecular flexibility index (Phi) is 5.30. The molecular weight excluding hydrogens is 208 g/mol. The molecule has 1 aliphatic carbocycles. The normalized spacial score (nSPS) is 31.4. The van der Waals surface area contributed by atoms with E-state index in [1.54, 1.807) is 0 Å². The maximum absolute atomic E-state index is 3.33. The van der Waals surface area contributed by atoms with Crippen molar-refractivity contribution in [2.45, 2.75) is 70.4 Å². The molecule has 100 valence electrons. The highest BCUT2D eigenvalue weighted by atomic mass is 15.2. The fraction of sp³-hybridized carbons (Fsp3) is 1.00. The summed E-state index contributed by atoms with van der Waals surface area (Å²) in [5, 5.41) is 3.33. The molecule has 1 saturated heterocycles. The van der Waals surface area contributed by atoms with Crippen LogP contribution in [0.25, 0.3) is 0 Å². The summed E-state index contributed by atoms with van der Waals surface area (Å²) < 4.78 is 0. The van der Waals surface area contributed by atoms with E-state index in [-0.39, 0.29) is 0 Å². The second-order valence-corrected chi connectivity index (χ2v) is 6.12. The van der Waals surface area contributed by atoms with E-state index < -0.39 is 0 Å². The Labute approximate surface area is 107 Å². The highest BCUT2D eigenvalue weighted by Crippen LogP contribution is 2.36. The lowest BCUT2D eigenvalue weighted by atomic mass is 9.85. The van der Waals surface area contributed by atoms with Crippen molar-refractivity contribution in [1.29, 1.82) is 0 Å². The molecule has 0 aromatic rings. The molecule has 2 aliphatic rings. The minimum atomic E-state index is 0.691. The first-order valence-corrected chi connectivity index (χ1v) is 7.72. The van der Waals surface area contributed by atoms with Gasteiger partial charge in [-0.2, -0.15) is 0 Å². The Morgan fingerprint density at radius 1 is 1.18 bits per heavy atom. The van der Waals surface area contributed by atoms with E-state index in [0.29, 0.717) is 6.04 Å². The Bertz CT molecular complexity index is 217. The molecule has 2 rings (SSSR count). The van der Waals surface area contributed by atoms with Crippen LogP contribution in [0.5, 0.6) is 0 Å². The van der Waals surface area contributed by atoms with Crippen LogP contribution >= 0.6 is 0 Å². The first-order valence-electron chi connectivity index (χ1n) is 7.72. The zero-order valence-electron chi connectivity index (χ0n) is 11.8. The molecule has 17 heavy (non-hydrogen) atoms. The fourth-order valence-electron chi connectivity index (χ4n) is 3.69. The van der Waals surface area contributed by atoms with Gasteiger partial charge in [-0.3, -0.25) is 0 Å². The van der Waals surface area contributed by atoms with Gasteiger partial charge >= 0.3 is 0 Å². The summed E-state index contributed by atoms with van der Waals surface area (Å²) in [7, 11) is 2.07. The van der Waals surface area contributed by atoms with Crippen molar-refractivity contribution in [2.24, 2.45) is 5.92 Å². The van der Waals surface area contributed by atoms with E-state index in [1.807, 2.05) is 0 Å². The number of fused-ring (bicyclic) bond motifs is 1. The van der Waals surface area contributed by atoms with Crippen LogP contribution in [0.15, 0.2) is 0 Å². The number of likely N-dealkylation sites (tertiary alicyclic amines) is 1. The molecule has 0 radical (unpaired) electrons. The van der Waals surface area contributed by atoms with Gasteiger partial charge in [-0.15, -0.1) is 0 Å². The van der Waals surface area contributed by atoms with Crippen molar-refractivity contribution in [3.8, 4) is 0 Å². The summed E-state index contributed by atoms with van der Waals surface area (Å²) in [6.07, 6.45) is 11.6. The molecule has 1 N–H and O–H groups in total. The molecule has 3 atom stereocenters. The van der Waals surface area contributed by atoms with E-state index in [9.17, 15) is 0 Å². The van der Waals surface area contributed by atoms with E-state index in [4.69, 9.17) is 0 Å². The number of nitrogens with one attached hydrogen (secondary N) is 1. The summed E-state index contributed by atoms with van der Waals surface area (Å²) in [6.45, 7) is 5.03. The van der Waals surface area contributed by atoms with Gasteiger partial charge in [-0.1, -0.05) is 19.3 Å². The average Bonchev–Trinajstić information content (AvgIpc) is 2.78. The third-order valence-electron chi connectivity index (χ3n) is 4.95. The van der Waals surface area contributed by atoms with Crippen LogP contribution in [0.2, 0.25) is 0 Å². The average molecular weight is 238 g/mol. The summed E-state index contributed by atoms with van der Waals surface area (Å²) in [4.78, 5) is 2.80. The number of hydrogen-bond donors (Lipinski definition) is 1.